The summed E-state index contributed by atoms with van der Waals surface area (Å²) < 4.78 is 28.8. The lowest BCUT2D eigenvalue weighted by Crippen LogP contribution is -2.60. The molecule has 0 spiro atoms. The number of carbonyl (C=O) groups excluding carboxylic acids is 2. The minimum Gasteiger partial charge on any atom is -0.337 e. The summed E-state index contributed by atoms with van der Waals surface area (Å²) in [5.74, 6) is 0.0388. The molecule has 2 atom stereocenters. The van der Waals surface area contributed by atoms with Crippen molar-refractivity contribution >= 4 is 21.8 Å². The molecule has 8 heteroatoms. The van der Waals surface area contributed by atoms with Crippen LogP contribution in [0.4, 0.5) is 0 Å². The van der Waals surface area contributed by atoms with Crippen molar-refractivity contribution < 1.29 is 18.0 Å². The normalized spacial score (nSPS) is 20.4. The topological polar surface area (TPSA) is 86.8 Å². The number of hydrogen-bond acceptors (Lipinski definition) is 4. The molecule has 2 amide bonds. The Balaban J connectivity index is 1.48. The summed E-state index contributed by atoms with van der Waals surface area (Å²) in [6.07, 6.45) is 5.55. The van der Waals surface area contributed by atoms with Gasteiger partial charge in [0.1, 0.15) is 6.04 Å². The Labute approximate surface area is 208 Å². The molecule has 1 aliphatic heterocycles. The third kappa shape index (κ3) is 6.30. The van der Waals surface area contributed by atoms with Gasteiger partial charge in [-0.05, 0) is 43.9 Å². The molecule has 0 radical (unpaired) electrons. The van der Waals surface area contributed by atoms with Crippen LogP contribution in [0.15, 0.2) is 65.6 Å². The fourth-order valence-corrected chi connectivity index (χ4v) is 6.38. The van der Waals surface area contributed by atoms with Gasteiger partial charge in [0.2, 0.25) is 21.8 Å². The van der Waals surface area contributed by atoms with Crippen molar-refractivity contribution in [1.29, 1.82) is 0 Å². The van der Waals surface area contributed by atoms with Crippen LogP contribution in [0, 0.1) is 5.92 Å². The van der Waals surface area contributed by atoms with Gasteiger partial charge in [-0.1, -0.05) is 67.8 Å². The summed E-state index contributed by atoms with van der Waals surface area (Å²) in [5.41, 5.74) is 0.876. The molecule has 4 rings (SSSR count). The zero-order valence-electron chi connectivity index (χ0n) is 20.3. The van der Waals surface area contributed by atoms with Crippen molar-refractivity contribution in [3.63, 3.8) is 0 Å². The summed E-state index contributed by atoms with van der Waals surface area (Å²) >= 11 is 0. The molecule has 2 aromatic rings. The SMILES string of the molecule is CC1CN(C(=O)C(Cc2ccccc2)NS(=O)(=O)c2ccccc2)CCN1C(=O)C1CCCCC1. The van der Waals surface area contributed by atoms with E-state index in [4.69, 9.17) is 0 Å². The highest BCUT2D eigenvalue weighted by Crippen LogP contribution is 2.27. The predicted octanol–water partition coefficient (Wildman–Crippen LogP) is 3.22. The molecule has 2 aliphatic rings. The van der Waals surface area contributed by atoms with Crippen LogP contribution in [0.5, 0.6) is 0 Å². The quantitative estimate of drug-likeness (QED) is 0.636. The Morgan fingerprint density at radius 3 is 2.20 bits per heavy atom. The van der Waals surface area contributed by atoms with Crippen LogP contribution >= 0.6 is 0 Å². The summed E-state index contributed by atoms with van der Waals surface area (Å²) in [4.78, 5) is 30.5. The molecule has 1 aliphatic carbocycles. The second-order valence-corrected chi connectivity index (χ2v) is 11.4. The van der Waals surface area contributed by atoms with E-state index in [0.29, 0.717) is 19.6 Å². The first-order valence-electron chi connectivity index (χ1n) is 12.6. The van der Waals surface area contributed by atoms with E-state index in [1.807, 2.05) is 42.2 Å². The second kappa shape index (κ2) is 11.4. The van der Waals surface area contributed by atoms with Gasteiger partial charge in [-0.2, -0.15) is 4.72 Å². The number of sulfonamides is 1. The first-order valence-corrected chi connectivity index (χ1v) is 14.0. The van der Waals surface area contributed by atoms with Gasteiger partial charge in [-0.3, -0.25) is 9.59 Å². The average molecular weight is 498 g/mol. The number of rotatable bonds is 7. The van der Waals surface area contributed by atoms with Crippen LogP contribution in [0.3, 0.4) is 0 Å². The maximum absolute atomic E-state index is 13.6. The van der Waals surface area contributed by atoms with Crippen molar-refractivity contribution in [3.8, 4) is 0 Å². The van der Waals surface area contributed by atoms with Crippen molar-refractivity contribution in [2.45, 2.75) is 62.4 Å². The third-order valence-corrected chi connectivity index (χ3v) is 8.60. The molecule has 0 bridgehead atoms. The smallest absolute Gasteiger partial charge is 0.241 e. The lowest BCUT2D eigenvalue weighted by molar-refractivity contribution is -0.146. The number of piperazine rings is 1. The van der Waals surface area contributed by atoms with Gasteiger partial charge in [-0.15, -0.1) is 0 Å². The summed E-state index contributed by atoms with van der Waals surface area (Å²) in [7, 11) is -3.88. The van der Waals surface area contributed by atoms with Gasteiger partial charge in [0, 0.05) is 31.6 Å². The number of amides is 2. The lowest BCUT2D eigenvalue weighted by Gasteiger charge is -2.42. The van der Waals surface area contributed by atoms with Crippen LogP contribution in [0.2, 0.25) is 0 Å². The zero-order valence-corrected chi connectivity index (χ0v) is 21.1. The Morgan fingerprint density at radius 2 is 1.57 bits per heavy atom. The van der Waals surface area contributed by atoms with E-state index in [1.54, 1.807) is 23.1 Å². The van der Waals surface area contributed by atoms with Gasteiger partial charge in [0.05, 0.1) is 4.90 Å². The molecular weight excluding hydrogens is 462 g/mol. The molecule has 1 saturated carbocycles. The van der Waals surface area contributed by atoms with E-state index >= 15 is 0 Å². The van der Waals surface area contributed by atoms with Gasteiger partial charge in [-0.25, -0.2) is 8.42 Å². The molecule has 188 valence electrons. The zero-order chi connectivity index (χ0) is 24.8. The highest BCUT2D eigenvalue weighted by Gasteiger charge is 2.36. The number of nitrogens with one attached hydrogen (secondary N) is 1. The minimum absolute atomic E-state index is 0.0944. The first-order chi connectivity index (χ1) is 16.8. The molecule has 35 heavy (non-hydrogen) atoms. The molecule has 7 nitrogen and oxygen atoms in total. The molecular formula is C27H35N3O4S. The van der Waals surface area contributed by atoms with Crippen LogP contribution in [-0.2, 0) is 26.0 Å². The van der Waals surface area contributed by atoms with Crippen molar-refractivity contribution in [1.82, 2.24) is 14.5 Å². The molecule has 0 aromatic heterocycles. The predicted molar refractivity (Wildman–Crippen MR) is 135 cm³/mol. The number of carbonyl (C=O) groups is 2. The van der Waals surface area contributed by atoms with E-state index in [1.165, 1.54) is 18.6 Å². The first kappa shape index (κ1) is 25.4. The van der Waals surface area contributed by atoms with Gasteiger partial charge < -0.3 is 9.80 Å². The van der Waals surface area contributed by atoms with Crippen molar-refractivity contribution in [2.75, 3.05) is 19.6 Å². The molecule has 1 heterocycles. The molecule has 2 aromatic carbocycles. The number of benzene rings is 2. The number of nitrogens with zero attached hydrogens (tertiary/aromatic N) is 2. The monoisotopic (exact) mass is 497 g/mol. The van der Waals surface area contributed by atoms with Gasteiger partial charge in [0.15, 0.2) is 0 Å². The lowest BCUT2D eigenvalue weighted by atomic mass is 9.87. The standard InChI is InChI=1S/C27H35N3O4S/c1-21-20-29(17-18-30(21)26(31)23-13-7-3-8-14-23)27(32)25(19-22-11-5-2-6-12-22)28-35(33,34)24-15-9-4-10-16-24/h2,4-6,9-12,15-16,21,23,25,28H,3,7-8,13-14,17-20H2,1H3. The Bertz CT molecular complexity index is 1100. The van der Waals surface area contributed by atoms with E-state index < -0.39 is 16.1 Å². The van der Waals surface area contributed by atoms with Gasteiger partial charge in [0.25, 0.3) is 0 Å². The fourth-order valence-electron chi connectivity index (χ4n) is 5.17. The molecule has 1 saturated heterocycles. The van der Waals surface area contributed by atoms with E-state index in [-0.39, 0.29) is 35.1 Å². The Kier molecular flexibility index (Phi) is 8.23. The highest BCUT2D eigenvalue weighted by atomic mass is 32.2. The number of hydrogen-bond donors (Lipinski definition) is 1. The minimum atomic E-state index is -3.88. The molecule has 2 fully saturated rings. The van der Waals surface area contributed by atoms with E-state index in [0.717, 1.165) is 31.2 Å². The van der Waals surface area contributed by atoms with Crippen LogP contribution in [0.1, 0.15) is 44.6 Å². The fraction of sp³-hybridized carbons (Fsp3) is 0.481. The van der Waals surface area contributed by atoms with E-state index in [2.05, 4.69) is 4.72 Å². The second-order valence-electron chi connectivity index (χ2n) is 9.68. The summed E-state index contributed by atoms with van der Waals surface area (Å²) in [6.45, 7) is 3.25. The largest absolute Gasteiger partial charge is 0.337 e. The average Bonchev–Trinajstić information content (AvgIpc) is 2.89. The third-order valence-electron chi connectivity index (χ3n) is 7.11. The Morgan fingerprint density at radius 1 is 0.943 bits per heavy atom. The van der Waals surface area contributed by atoms with Crippen LogP contribution < -0.4 is 4.72 Å². The summed E-state index contributed by atoms with van der Waals surface area (Å²) in [5, 5.41) is 0. The van der Waals surface area contributed by atoms with Gasteiger partial charge >= 0.3 is 0 Å². The molecule has 2 unspecified atom stereocenters. The van der Waals surface area contributed by atoms with Crippen LogP contribution in [-0.4, -0.2) is 61.7 Å². The maximum atomic E-state index is 13.6. The summed E-state index contributed by atoms with van der Waals surface area (Å²) in [6, 6.07) is 16.5. The molecule has 1 N–H and O–H groups in total. The van der Waals surface area contributed by atoms with Crippen LogP contribution in [0.25, 0.3) is 0 Å². The van der Waals surface area contributed by atoms with Crippen molar-refractivity contribution in [3.05, 3.63) is 66.2 Å². The maximum Gasteiger partial charge on any atom is 0.241 e. The Hall–Kier alpha value is -2.71. The van der Waals surface area contributed by atoms with Crippen molar-refractivity contribution in [2.24, 2.45) is 5.92 Å². The van der Waals surface area contributed by atoms with E-state index in [9.17, 15) is 18.0 Å². The highest BCUT2D eigenvalue weighted by molar-refractivity contribution is 7.89.